The lowest BCUT2D eigenvalue weighted by Gasteiger charge is -2.24. The van der Waals surface area contributed by atoms with Gasteiger partial charge in [-0.05, 0) is 30.5 Å². The fraction of sp³-hybridized carbons (Fsp3) is 0.450. The SMILES string of the molecule is CC(=O)N1CCCn2nc(CNC(=O)[C@@H]3COc4ccccc4C3)cc2C1. The van der Waals surface area contributed by atoms with Crippen molar-refractivity contribution < 1.29 is 14.3 Å². The predicted molar refractivity (Wildman–Crippen MR) is 98.9 cm³/mol. The average Bonchev–Trinajstić information content (AvgIpc) is 2.95. The molecule has 0 spiro atoms. The molecule has 0 aliphatic carbocycles. The van der Waals surface area contributed by atoms with Gasteiger partial charge in [-0.15, -0.1) is 0 Å². The maximum Gasteiger partial charge on any atom is 0.227 e. The minimum absolute atomic E-state index is 0.0157. The van der Waals surface area contributed by atoms with Gasteiger partial charge in [0, 0.05) is 20.0 Å². The molecule has 2 aromatic rings. The normalized spacial score (nSPS) is 18.7. The summed E-state index contributed by atoms with van der Waals surface area (Å²) in [4.78, 5) is 26.0. The molecule has 2 aliphatic rings. The number of benzene rings is 1. The first kappa shape index (κ1) is 17.6. The van der Waals surface area contributed by atoms with Crippen LogP contribution in [0.2, 0.25) is 0 Å². The summed E-state index contributed by atoms with van der Waals surface area (Å²) in [6.45, 7) is 4.50. The van der Waals surface area contributed by atoms with Crippen LogP contribution < -0.4 is 10.1 Å². The third-order valence-electron chi connectivity index (χ3n) is 5.20. The summed E-state index contributed by atoms with van der Waals surface area (Å²) >= 11 is 0. The maximum atomic E-state index is 12.5. The third-order valence-corrected chi connectivity index (χ3v) is 5.20. The monoisotopic (exact) mass is 368 g/mol. The van der Waals surface area contributed by atoms with Crippen LogP contribution in [-0.2, 0) is 35.6 Å². The van der Waals surface area contributed by atoms with E-state index in [1.165, 1.54) is 0 Å². The number of nitrogens with one attached hydrogen (secondary N) is 1. The second-order valence-corrected chi connectivity index (χ2v) is 7.18. The van der Waals surface area contributed by atoms with Crippen LogP contribution in [0.3, 0.4) is 0 Å². The Morgan fingerprint density at radius 3 is 3.00 bits per heavy atom. The first-order chi connectivity index (χ1) is 13.1. The summed E-state index contributed by atoms with van der Waals surface area (Å²) < 4.78 is 7.65. The maximum absolute atomic E-state index is 12.5. The quantitative estimate of drug-likeness (QED) is 0.891. The van der Waals surface area contributed by atoms with Gasteiger partial charge < -0.3 is 15.0 Å². The van der Waals surface area contributed by atoms with E-state index in [1.54, 1.807) is 6.92 Å². The Kier molecular flexibility index (Phi) is 4.83. The number of aryl methyl sites for hydroxylation is 1. The summed E-state index contributed by atoms with van der Waals surface area (Å²) in [6, 6.07) is 9.82. The van der Waals surface area contributed by atoms with E-state index in [1.807, 2.05) is 39.9 Å². The molecule has 0 fully saturated rings. The number of hydrogen-bond acceptors (Lipinski definition) is 4. The Hall–Kier alpha value is -2.83. The van der Waals surface area contributed by atoms with Crippen molar-refractivity contribution in [3.05, 3.63) is 47.3 Å². The molecule has 3 heterocycles. The number of aromatic nitrogens is 2. The third kappa shape index (κ3) is 3.82. The van der Waals surface area contributed by atoms with Gasteiger partial charge in [0.25, 0.3) is 0 Å². The smallest absolute Gasteiger partial charge is 0.227 e. The van der Waals surface area contributed by atoms with E-state index in [4.69, 9.17) is 4.74 Å². The molecule has 4 rings (SSSR count). The van der Waals surface area contributed by atoms with E-state index in [0.29, 0.717) is 26.1 Å². The molecule has 0 saturated carbocycles. The highest BCUT2D eigenvalue weighted by molar-refractivity contribution is 5.79. The number of fused-ring (bicyclic) bond motifs is 2. The van der Waals surface area contributed by atoms with Crippen molar-refractivity contribution in [3.63, 3.8) is 0 Å². The second-order valence-electron chi connectivity index (χ2n) is 7.18. The van der Waals surface area contributed by atoms with Crippen LogP contribution in [0.25, 0.3) is 0 Å². The van der Waals surface area contributed by atoms with Gasteiger partial charge in [-0.1, -0.05) is 18.2 Å². The lowest BCUT2D eigenvalue weighted by Crippen LogP contribution is -2.37. The highest BCUT2D eigenvalue weighted by Crippen LogP contribution is 2.26. The molecule has 142 valence electrons. The molecule has 1 aromatic carbocycles. The van der Waals surface area contributed by atoms with Crippen molar-refractivity contribution in [3.8, 4) is 5.75 Å². The average molecular weight is 368 g/mol. The minimum Gasteiger partial charge on any atom is -0.492 e. The Bertz CT molecular complexity index is 861. The van der Waals surface area contributed by atoms with Gasteiger partial charge in [-0.2, -0.15) is 5.10 Å². The van der Waals surface area contributed by atoms with Crippen LogP contribution in [0, 0.1) is 5.92 Å². The lowest BCUT2D eigenvalue weighted by molar-refractivity contribution is -0.129. The lowest BCUT2D eigenvalue weighted by atomic mass is 9.96. The topological polar surface area (TPSA) is 76.5 Å². The molecule has 0 bridgehead atoms. The van der Waals surface area contributed by atoms with E-state index in [0.717, 1.165) is 42.2 Å². The van der Waals surface area contributed by atoms with Crippen LogP contribution >= 0.6 is 0 Å². The number of para-hydroxylation sites is 1. The molecule has 2 amide bonds. The fourth-order valence-corrected chi connectivity index (χ4v) is 3.70. The highest BCUT2D eigenvalue weighted by Gasteiger charge is 2.26. The summed E-state index contributed by atoms with van der Waals surface area (Å²) in [5.74, 6) is 0.748. The number of ether oxygens (including phenoxy) is 1. The number of carbonyl (C=O) groups excluding carboxylic acids is 2. The zero-order chi connectivity index (χ0) is 18.8. The first-order valence-electron chi connectivity index (χ1n) is 9.39. The van der Waals surface area contributed by atoms with E-state index in [-0.39, 0.29) is 17.7 Å². The standard InChI is InChI=1S/C20H24N4O3/c1-14(25)23-7-4-8-24-18(12-23)10-17(22-24)11-21-20(26)16-9-15-5-2-3-6-19(15)27-13-16/h2-3,5-6,10,16H,4,7-9,11-13H2,1H3,(H,21,26)/t16-/m0/s1. The van der Waals surface area contributed by atoms with Crippen LogP contribution in [0.4, 0.5) is 0 Å². The summed E-state index contributed by atoms with van der Waals surface area (Å²) in [5.41, 5.74) is 2.91. The molecule has 1 N–H and O–H groups in total. The van der Waals surface area contributed by atoms with Gasteiger partial charge >= 0.3 is 0 Å². The Morgan fingerprint density at radius 2 is 2.15 bits per heavy atom. The summed E-state index contributed by atoms with van der Waals surface area (Å²) in [6.07, 6.45) is 1.58. The molecular weight excluding hydrogens is 344 g/mol. The van der Waals surface area contributed by atoms with E-state index in [2.05, 4.69) is 10.4 Å². The molecule has 0 saturated heterocycles. The summed E-state index contributed by atoms with van der Waals surface area (Å²) in [7, 11) is 0. The Labute approximate surface area is 158 Å². The van der Waals surface area contributed by atoms with Gasteiger partial charge in [0.15, 0.2) is 0 Å². The molecular formula is C20H24N4O3. The molecule has 0 radical (unpaired) electrons. The van der Waals surface area contributed by atoms with Crippen LogP contribution in [0.5, 0.6) is 5.75 Å². The molecule has 7 heteroatoms. The van der Waals surface area contributed by atoms with Gasteiger partial charge in [-0.3, -0.25) is 14.3 Å². The number of nitrogens with zero attached hydrogens (tertiary/aromatic N) is 3. The van der Waals surface area contributed by atoms with Crippen molar-refractivity contribution in [2.75, 3.05) is 13.2 Å². The molecule has 0 unspecified atom stereocenters. The highest BCUT2D eigenvalue weighted by atomic mass is 16.5. The number of hydrogen-bond donors (Lipinski definition) is 1. The number of carbonyl (C=O) groups is 2. The minimum atomic E-state index is -0.187. The zero-order valence-electron chi connectivity index (χ0n) is 15.5. The van der Waals surface area contributed by atoms with Crippen molar-refractivity contribution in [1.29, 1.82) is 0 Å². The van der Waals surface area contributed by atoms with Crippen LogP contribution in [0.1, 0.15) is 30.3 Å². The van der Waals surface area contributed by atoms with Gasteiger partial charge in [0.1, 0.15) is 12.4 Å². The molecule has 1 aromatic heterocycles. The first-order valence-corrected chi connectivity index (χ1v) is 9.39. The molecule has 2 aliphatic heterocycles. The second kappa shape index (κ2) is 7.42. The molecule has 27 heavy (non-hydrogen) atoms. The van der Waals surface area contributed by atoms with Gasteiger partial charge in [0.2, 0.25) is 11.8 Å². The van der Waals surface area contributed by atoms with Crippen molar-refractivity contribution in [2.45, 2.75) is 39.4 Å². The van der Waals surface area contributed by atoms with E-state index >= 15 is 0 Å². The molecule has 1 atom stereocenters. The predicted octanol–water partition coefficient (Wildman–Crippen LogP) is 1.50. The number of rotatable bonds is 3. The zero-order valence-corrected chi connectivity index (χ0v) is 15.5. The van der Waals surface area contributed by atoms with Crippen LogP contribution in [-0.4, -0.2) is 39.6 Å². The van der Waals surface area contributed by atoms with Gasteiger partial charge in [0.05, 0.1) is 30.4 Å². The largest absolute Gasteiger partial charge is 0.492 e. The van der Waals surface area contributed by atoms with Crippen molar-refractivity contribution in [2.24, 2.45) is 5.92 Å². The molecule has 7 nitrogen and oxygen atoms in total. The Morgan fingerprint density at radius 1 is 1.30 bits per heavy atom. The number of amides is 2. The van der Waals surface area contributed by atoms with Crippen molar-refractivity contribution in [1.82, 2.24) is 20.0 Å². The Balaban J connectivity index is 1.36. The van der Waals surface area contributed by atoms with E-state index < -0.39 is 0 Å². The van der Waals surface area contributed by atoms with Crippen molar-refractivity contribution >= 4 is 11.8 Å². The van der Waals surface area contributed by atoms with Crippen LogP contribution in [0.15, 0.2) is 30.3 Å². The van der Waals surface area contributed by atoms with E-state index in [9.17, 15) is 9.59 Å². The van der Waals surface area contributed by atoms with Gasteiger partial charge in [-0.25, -0.2) is 0 Å². The fourth-order valence-electron chi connectivity index (χ4n) is 3.70. The summed E-state index contributed by atoms with van der Waals surface area (Å²) in [5, 5.41) is 7.57.